The molecule has 0 amide bonds. The van der Waals surface area contributed by atoms with Crippen molar-refractivity contribution in [2.45, 2.75) is 0 Å². The molecule has 0 N–H and O–H groups in total. The van der Waals surface area contributed by atoms with Crippen molar-refractivity contribution in [1.29, 1.82) is 0 Å². The van der Waals surface area contributed by atoms with E-state index in [9.17, 15) is 0 Å². The topological polar surface area (TPSA) is 0 Å². The molecule has 0 fully saturated rings. The largest absolute Gasteiger partial charge is 3.00 e. The van der Waals surface area contributed by atoms with E-state index in [1.165, 1.54) is 0 Å². The number of benzene rings is 1. The van der Waals surface area contributed by atoms with Crippen LogP contribution in [0.2, 0.25) is 0 Å². The summed E-state index contributed by atoms with van der Waals surface area (Å²) in [6.45, 7) is 3.72. The second kappa shape index (κ2) is 12.1. The number of rotatable bonds is 0. The molecular weight excluding hydrogens is 295 g/mol. The summed E-state index contributed by atoms with van der Waals surface area (Å²) < 4.78 is 0. The molecule has 89 valence electrons. The molecule has 3 aromatic rings. The van der Waals surface area contributed by atoms with Crippen LogP contribution in [-0.4, -0.2) is 0 Å². The molecule has 1 heteroatoms. The fraction of sp³-hybridized carbons (Fsp3) is 0. The van der Waals surface area contributed by atoms with Gasteiger partial charge in [-0.2, -0.15) is 61.0 Å². The molecule has 3 aromatic carbocycles. The molecule has 0 saturated heterocycles. The molecule has 1 radical (unpaired) electrons. The molecule has 0 spiro atoms. The molecule has 0 unspecified atom stereocenters. The van der Waals surface area contributed by atoms with Gasteiger partial charge in [-0.05, 0) is 0 Å². The Hall–Kier alpha value is -1.33. The summed E-state index contributed by atoms with van der Waals surface area (Å²) in [5, 5.41) is 0. The van der Waals surface area contributed by atoms with E-state index in [1.54, 1.807) is 0 Å². The van der Waals surface area contributed by atoms with Crippen LogP contribution < -0.4 is 0 Å². The van der Waals surface area contributed by atoms with Gasteiger partial charge in [0.05, 0.1) is 0 Å². The minimum absolute atomic E-state index is 0. The standard InChI is InChI=1S/C7H7.2C5H5.Zr/c1-7-5-3-2-4-6-7;2*1-2-4-5-3-1;/h2-6H,1H2;2*1-5H;/q3*-1;+3. The molecule has 3 rings (SSSR count). The van der Waals surface area contributed by atoms with E-state index < -0.39 is 0 Å². The zero-order valence-corrected chi connectivity index (χ0v) is 12.8. The van der Waals surface area contributed by atoms with Crippen LogP contribution in [0.15, 0.2) is 91.0 Å². The van der Waals surface area contributed by atoms with Crippen LogP contribution in [0.3, 0.4) is 0 Å². The van der Waals surface area contributed by atoms with E-state index >= 15 is 0 Å². The Kier molecular flexibility index (Phi) is 11.2. The Morgan fingerprint density at radius 1 is 0.611 bits per heavy atom. The zero-order valence-electron chi connectivity index (χ0n) is 10.4. The zero-order chi connectivity index (χ0) is 12.2. The van der Waals surface area contributed by atoms with Gasteiger partial charge in [0.15, 0.2) is 0 Å². The van der Waals surface area contributed by atoms with Crippen LogP contribution in [0.25, 0.3) is 0 Å². The second-order valence-electron chi connectivity index (χ2n) is 3.41. The van der Waals surface area contributed by atoms with E-state index in [2.05, 4.69) is 6.92 Å². The minimum atomic E-state index is 0. The van der Waals surface area contributed by atoms with E-state index in [1.807, 2.05) is 91.0 Å². The van der Waals surface area contributed by atoms with Crippen molar-refractivity contribution < 1.29 is 26.2 Å². The van der Waals surface area contributed by atoms with Gasteiger partial charge in [-0.15, -0.1) is 12.1 Å². The first-order chi connectivity index (χ1) is 8.39. The molecule has 0 heterocycles. The van der Waals surface area contributed by atoms with Gasteiger partial charge in [0.1, 0.15) is 0 Å². The van der Waals surface area contributed by atoms with Crippen LogP contribution in [0.4, 0.5) is 0 Å². The maximum absolute atomic E-state index is 3.72. The molecule has 0 nitrogen and oxygen atoms in total. The van der Waals surface area contributed by atoms with Gasteiger partial charge in [-0.25, -0.2) is 24.3 Å². The SMILES string of the molecule is [CH2-]c1ccccc1.[Zr+3].c1cc[cH-]c1.c1cc[cH-]c1. The Morgan fingerprint density at radius 2 is 1.00 bits per heavy atom. The van der Waals surface area contributed by atoms with Crippen LogP contribution in [0.1, 0.15) is 5.56 Å². The van der Waals surface area contributed by atoms with Gasteiger partial charge in [-0.1, -0.05) is 6.07 Å². The van der Waals surface area contributed by atoms with Crippen molar-refractivity contribution in [1.82, 2.24) is 0 Å². The normalized spacial score (nSPS) is 7.78. The van der Waals surface area contributed by atoms with Gasteiger partial charge < -0.3 is 0 Å². The quantitative estimate of drug-likeness (QED) is 0.529. The van der Waals surface area contributed by atoms with Crippen molar-refractivity contribution in [2.24, 2.45) is 0 Å². The minimum Gasteiger partial charge on any atom is -0.214 e. The monoisotopic (exact) mass is 311 g/mol. The third-order valence-electron chi connectivity index (χ3n) is 1.95. The average Bonchev–Trinajstić information content (AvgIpc) is 3.09. The summed E-state index contributed by atoms with van der Waals surface area (Å²) in [6, 6.07) is 29.9. The molecule has 0 saturated carbocycles. The first-order valence-electron chi connectivity index (χ1n) is 5.60. The van der Waals surface area contributed by atoms with Gasteiger partial charge in [0.25, 0.3) is 0 Å². The Balaban J connectivity index is 0.000000239. The van der Waals surface area contributed by atoms with Crippen molar-refractivity contribution >= 4 is 0 Å². The van der Waals surface area contributed by atoms with Crippen LogP contribution >= 0.6 is 0 Å². The van der Waals surface area contributed by atoms with Crippen molar-refractivity contribution in [3.63, 3.8) is 0 Å². The molecular formula is C17H17Zr. The van der Waals surface area contributed by atoms with Crippen LogP contribution in [0, 0.1) is 6.92 Å². The molecule has 0 aliphatic heterocycles. The Labute approximate surface area is 129 Å². The number of hydrogen-bond acceptors (Lipinski definition) is 0. The van der Waals surface area contributed by atoms with Gasteiger partial charge in [0.2, 0.25) is 0 Å². The molecule has 0 bridgehead atoms. The predicted octanol–water partition coefficient (Wildman–Crippen LogP) is 4.68. The Morgan fingerprint density at radius 3 is 1.17 bits per heavy atom. The second-order valence-corrected chi connectivity index (χ2v) is 3.41. The van der Waals surface area contributed by atoms with Crippen LogP contribution in [0.5, 0.6) is 0 Å². The average molecular weight is 313 g/mol. The van der Waals surface area contributed by atoms with E-state index in [0.29, 0.717) is 0 Å². The summed E-state index contributed by atoms with van der Waals surface area (Å²) in [7, 11) is 0. The van der Waals surface area contributed by atoms with E-state index in [4.69, 9.17) is 0 Å². The maximum Gasteiger partial charge on any atom is 3.00 e. The molecule has 0 aliphatic carbocycles. The third-order valence-corrected chi connectivity index (χ3v) is 1.95. The third kappa shape index (κ3) is 9.87. The molecule has 0 atom stereocenters. The van der Waals surface area contributed by atoms with E-state index in [0.717, 1.165) is 5.56 Å². The first-order valence-corrected chi connectivity index (χ1v) is 5.60. The first kappa shape index (κ1) is 16.7. The predicted molar refractivity (Wildman–Crippen MR) is 75.0 cm³/mol. The summed E-state index contributed by atoms with van der Waals surface area (Å²) in [5.41, 5.74) is 1.07. The number of hydrogen-bond donors (Lipinski definition) is 0. The summed E-state index contributed by atoms with van der Waals surface area (Å²) >= 11 is 0. The smallest absolute Gasteiger partial charge is 0.214 e. The van der Waals surface area contributed by atoms with Crippen molar-refractivity contribution in [3.05, 3.63) is 103 Å². The molecule has 0 aromatic heterocycles. The van der Waals surface area contributed by atoms with Crippen LogP contribution in [-0.2, 0) is 26.2 Å². The van der Waals surface area contributed by atoms with E-state index in [-0.39, 0.29) is 26.2 Å². The maximum atomic E-state index is 3.72. The van der Waals surface area contributed by atoms with Gasteiger partial charge in [0, 0.05) is 0 Å². The molecule has 18 heavy (non-hydrogen) atoms. The van der Waals surface area contributed by atoms with Crippen molar-refractivity contribution in [2.75, 3.05) is 0 Å². The summed E-state index contributed by atoms with van der Waals surface area (Å²) in [4.78, 5) is 0. The Bertz CT molecular complexity index is 363. The summed E-state index contributed by atoms with van der Waals surface area (Å²) in [5.74, 6) is 0. The van der Waals surface area contributed by atoms with Crippen molar-refractivity contribution in [3.8, 4) is 0 Å². The van der Waals surface area contributed by atoms with Gasteiger partial charge in [-0.3, -0.25) is 0 Å². The summed E-state index contributed by atoms with van der Waals surface area (Å²) in [6.07, 6.45) is 0. The molecule has 0 aliphatic rings. The fourth-order valence-electron chi connectivity index (χ4n) is 1.12. The fourth-order valence-corrected chi connectivity index (χ4v) is 1.12. The van der Waals surface area contributed by atoms with Gasteiger partial charge >= 0.3 is 26.2 Å².